The fraction of sp³-hybridized carbons (Fsp3) is 0.206. The molecular formula is C34H31NO8S. The predicted octanol–water partition coefficient (Wildman–Crippen LogP) is 5.95. The lowest BCUT2D eigenvalue weighted by molar-refractivity contribution is -0.147. The van der Waals surface area contributed by atoms with Crippen molar-refractivity contribution in [1.29, 1.82) is 0 Å². The fourth-order valence-corrected chi connectivity index (χ4v) is 5.57. The second-order valence-electron chi connectivity index (χ2n) is 10.7. The van der Waals surface area contributed by atoms with E-state index in [1.807, 2.05) is 39.0 Å². The average Bonchev–Trinajstić information content (AvgIpc) is 3.40. The molecule has 44 heavy (non-hydrogen) atoms. The van der Waals surface area contributed by atoms with E-state index in [4.69, 9.17) is 13.7 Å². The number of ketones is 1. The van der Waals surface area contributed by atoms with Gasteiger partial charge in [0.15, 0.2) is 12.4 Å². The summed E-state index contributed by atoms with van der Waals surface area (Å²) in [4.78, 5) is 39.6. The fourth-order valence-electron chi connectivity index (χ4n) is 4.64. The smallest absolute Gasteiger partial charge is 0.339 e. The molecule has 0 N–H and O–H groups in total. The van der Waals surface area contributed by atoms with Crippen molar-refractivity contribution in [3.8, 4) is 17.2 Å². The molecule has 0 aliphatic carbocycles. The maximum Gasteiger partial charge on any atom is 0.339 e. The van der Waals surface area contributed by atoms with Crippen molar-refractivity contribution in [1.82, 2.24) is 0 Å². The number of Topliss-reactive ketones (excluding diaryl/α,β-unsaturated/α-hetero) is 1. The average molecular weight is 614 g/mol. The number of carbonyl (C=O) groups excluding carboxylic acids is 3. The first-order valence-corrected chi connectivity index (χ1v) is 15.4. The maximum atomic E-state index is 12.7. The van der Waals surface area contributed by atoms with Crippen LogP contribution in [0.25, 0.3) is 0 Å². The third-order valence-electron chi connectivity index (χ3n) is 7.36. The largest absolute Gasteiger partial charge is 0.457 e. The molecule has 9 nitrogen and oxygen atoms in total. The van der Waals surface area contributed by atoms with Gasteiger partial charge in [0.2, 0.25) is 5.91 Å². The van der Waals surface area contributed by atoms with Crippen molar-refractivity contribution >= 4 is 33.5 Å². The molecule has 10 heteroatoms. The van der Waals surface area contributed by atoms with E-state index in [2.05, 4.69) is 0 Å². The molecule has 1 amide bonds. The highest BCUT2D eigenvalue weighted by Gasteiger charge is 2.36. The number of ether oxygens (including phenoxy) is 2. The molecule has 0 spiro atoms. The van der Waals surface area contributed by atoms with Crippen LogP contribution in [0.2, 0.25) is 0 Å². The summed E-state index contributed by atoms with van der Waals surface area (Å²) < 4.78 is 41.3. The lowest BCUT2D eigenvalue weighted by Gasteiger charge is -2.17. The number of esters is 1. The number of aryl methyl sites for hydroxylation is 3. The molecule has 226 valence electrons. The van der Waals surface area contributed by atoms with Crippen molar-refractivity contribution in [3.63, 3.8) is 0 Å². The van der Waals surface area contributed by atoms with Crippen LogP contribution in [0.4, 0.5) is 5.69 Å². The number of hydrogen-bond donors (Lipinski definition) is 0. The minimum atomic E-state index is -4.03. The van der Waals surface area contributed by atoms with E-state index >= 15 is 0 Å². The zero-order valence-electron chi connectivity index (χ0n) is 24.5. The molecule has 4 aromatic rings. The van der Waals surface area contributed by atoms with Gasteiger partial charge < -0.3 is 18.6 Å². The van der Waals surface area contributed by atoms with Gasteiger partial charge in [-0.3, -0.25) is 14.4 Å². The third kappa shape index (κ3) is 7.15. The molecule has 0 unspecified atom stereocenters. The normalized spacial score (nSPS) is 14.8. The van der Waals surface area contributed by atoms with Gasteiger partial charge in [-0.05, 0) is 105 Å². The number of nitrogens with zero attached hydrogens (tertiary/aromatic N) is 1. The number of amides is 1. The Balaban J connectivity index is 1.12. The van der Waals surface area contributed by atoms with Gasteiger partial charge in [-0.2, -0.15) is 8.42 Å². The Kier molecular flexibility index (Phi) is 8.82. The SMILES string of the molecule is Cc1ccc(S(=O)(=O)Oc2ccc(C(=O)COC(=O)[C@@H]3CC(=O)N(c4ccc(Oc5ccc(C)c(C)c5)cc4)C3)cc2)cc1. The van der Waals surface area contributed by atoms with Crippen LogP contribution in [0.1, 0.15) is 33.5 Å². The molecular weight excluding hydrogens is 582 g/mol. The van der Waals surface area contributed by atoms with Gasteiger partial charge in [-0.15, -0.1) is 0 Å². The quantitative estimate of drug-likeness (QED) is 0.122. The Labute approximate surface area is 256 Å². The van der Waals surface area contributed by atoms with Gasteiger partial charge in [0.05, 0.1) is 5.92 Å². The minimum Gasteiger partial charge on any atom is -0.457 e. The van der Waals surface area contributed by atoms with E-state index in [0.717, 1.165) is 11.1 Å². The summed E-state index contributed by atoms with van der Waals surface area (Å²) in [5.74, 6) is -0.702. The first kappa shape index (κ1) is 30.5. The van der Waals surface area contributed by atoms with Crippen LogP contribution < -0.4 is 13.8 Å². The molecule has 0 radical (unpaired) electrons. The van der Waals surface area contributed by atoms with Crippen molar-refractivity contribution < 1.29 is 36.5 Å². The lowest BCUT2D eigenvalue weighted by atomic mass is 10.1. The summed E-state index contributed by atoms with van der Waals surface area (Å²) in [5.41, 5.74) is 4.04. The summed E-state index contributed by atoms with van der Waals surface area (Å²) in [6, 6.07) is 24.6. The van der Waals surface area contributed by atoms with E-state index in [0.29, 0.717) is 17.2 Å². The van der Waals surface area contributed by atoms with Gasteiger partial charge in [0.25, 0.3) is 0 Å². The maximum absolute atomic E-state index is 12.7. The van der Waals surface area contributed by atoms with Gasteiger partial charge >= 0.3 is 16.1 Å². The standard InChI is InChI=1S/C34H31NO8S/c1-22-4-16-31(17-5-22)44(39,40)43-29-12-7-25(8-13-29)32(36)21-41-34(38)26-19-33(37)35(20-26)27-9-14-28(15-10-27)42-30-11-6-23(2)24(3)18-30/h4-18,26H,19-21H2,1-3H3/t26-/m1/s1. The third-order valence-corrected chi connectivity index (χ3v) is 8.62. The number of anilines is 1. The highest BCUT2D eigenvalue weighted by molar-refractivity contribution is 7.87. The van der Waals surface area contributed by atoms with Crippen LogP contribution in [0.3, 0.4) is 0 Å². The van der Waals surface area contributed by atoms with Crippen LogP contribution in [0, 0.1) is 26.7 Å². The summed E-state index contributed by atoms with van der Waals surface area (Å²) in [6.45, 7) is 5.50. The van der Waals surface area contributed by atoms with Crippen LogP contribution in [0.15, 0.2) is 95.9 Å². The Bertz CT molecular complexity index is 1800. The van der Waals surface area contributed by atoms with Crippen molar-refractivity contribution in [3.05, 3.63) is 113 Å². The molecule has 1 aliphatic rings. The van der Waals surface area contributed by atoms with Gasteiger partial charge in [0, 0.05) is 24.2 Å². The number of benzene rings is 4. The van der Waals surface area contributed by atoms with E-state index < -0.39 is 34.4 Å². The first-order valence-electron chi connectivity index (χ1n) is 13.9. The van der Waals surface area contributed by atoms with Crippen molar-refractivity contribution in [2.45, 2.75) is 32.1 Å². The van der Waals surface area contributed by atoms with E-state index in [1.165, 1.54) is 46.9 Å². The Morgan fingerprint density at radius 1 is 0.795 bits per heavy atom. The zero-order chi connectivity index (χ0) is 31.4. The molecule has 0 bridgehead atoms. The van der Waals surface area contributed by atoms with Gasteiger partial charge in [0.1, 0.15) is 22.1 Å². The summed E-state index contributed by atoms with van der Waals surface area (Å²) >= 11 is 0. The van der Waals surface area contributed by atoms with Crippen molar-refractivity contribution in [2.75, 3.05) is 18.1 Å². The Morgan fingerprint density at radius 2 is 1.43 bits per heavy atom. The van der Waals surface area contributed by atoms with E-state index in [1.54, 1.807) is 36.4 Å². The lowest BCUT2D eigenvalue weighted by Crippen LogP contribution is -2.27. The molecule has 0 saturated carbocycles. The molecule has 1 fully saturated rings. The second-order valence-corrected chi connectivity index (χ2v) is 12.2. The minimum absolute atomic E-state index is 0.0123. The molecule has 4 aromatic carbocycles. The first-order chi connectivity index (χ1) is 21.0. The van der Waals surface area contributed by atoms with Crippen LogP contribution in [-0.4, -0.2) is 39.2 Å². The Morgan fingerprint density at radius 3 is 2.09 bits per heavy atom. The Hall–Kier alpha value is -4.96. The highest BCUT2D eigenvalue weighted by atomic mass is 32.2. The summed E-state index contributed by atoms with van der Waals surface area (Å²) in [7, 11) is -4.03. The highest BCUT2D eigenvalue weighted by Crippen LogP contribution is 2.30. The van der Waals surface area contributed by atoms with Crippen LogP contribution >= 0.6 is 0 Å². The van der Waals surface area contributed by atoms with E-state index in [9.17, 15) is 22.8 Å². The molecule has 1 aliphatic heterocycles. The number of rotatable bonds is 10. The molecule has 1 saturated heterocycles. The topological polar surface area (TPSA) is 116 Å². The van der Waals surface area contributed by atoms with E-state index in [-0.39, 0.29) is 35.1 Å². The molecule has 1 heterocycles. The number of hydrogen-bond acceptors (Lipinski definition) is 8. The molecule has 1 atom stereocenters. The molecule has 5 rings (SSSR count). The van der Waals surface area contributed by atoms with Crippen LogP contribution in [-0.2, 0) is 24.4 Å². The molecule has 0 aromatic heterocycles. The summed E-state index contributed by atoms with van der Waals surface area (Å²) in [6.07, 6.45) is -0.0323. The number of carbonyl (C=O) groups is 3. The van der Waals surface area contributed by atoms with Gasteiger partial charge in [-0.1, -0.05) is 23.8 Å². The van der Waals surface area contributed by atoms with Crippen molar-refractivity contribution in [2.24, 2.45) is 5.92 Å². The predicted molar refractivity (Wildman–Crippen MR) is 164 cm³/mol. The monoisotopic (exact) mass is 613 g/mol. The summed E-state index contributed by atoms with van der Waals surface area (Å²) in [5, 5.41) is 0. The van der Waals surface area contributed by atoms with Crippen LogP contribution in [0.5, 0.6) is 17.2 Å². The second kappa shape index (κ2) is 12.7. The zero-order valence-corrected chi connectivity index (χ0v) is 25.3. The van der Waals surface area contributed by atoms with Gasteiger partial charge in [-0.25, -0.2) is 0 Å².